The van der Waals surface area contributed by atoms with E-state index in [1.54, 1.807) is 5.57 Å². The number of hydrogen-bond donors (Lipinski definition) is 2. The summed E-state index contributed by atoms with van der Waals surface area (Å²) >= 11 is 0. The van der Waals surface area contributed by atoms with E-state index in [9.17, 15) is 0 Å². The Balaban J connectivity index is 0.00000264. The van der Waals surface area contributed by atoms with Crippen molar-refractivity contribution in [2.45, 2.75) is 57.9 Å². The van der Waals surface area contributed by atoms with E-state index in [0.29, 0.717) is 6.04 Å². The minimum Gasteiger partial charge on any atom is -0.357 e. The molecule has 2 rings (SSSR count). The van der Waals surface area contributed by atoms with Gasteiger partial charge in [0.15, 0.2) is 5.96 Å². The highest BCUT2D eigenvalue weighted by atomic mass is 127. The Morgan fingerprint density at radius 3 is 2.65 bits per heavy atom. The normalized spacial score (nSPS) is 19.8. The third-order valence-corrected chi connectivity index (χ3v) is 4.73. The minimum atomic E-state index is 0. The van der Waals surface area contributed by atoms with Crippen molar-refractivity contribution in [3.05, 3.63) is 11.6 Å². The number of guanidine groups is 1. The van der Waals surface area contributed by atoms with Crippen LogP contribution in [0.25, 0.3) is 0 Å². The van der Waals surface area contributed by atoms with Gasteiger partial charge in [-0.1, -0.05) is 11.6 Å². The summed E-state index contributed by atoms with van der Waals surface area (Å²) in [6, 6.07) is 0.594. The molecule has 0 radical (unpaired) electrons. The first-order chi connectivity index (χ1) is 10.7. The molecule has 0 heterocycles. The second kappa shape index (κ2) is 11.3. The zero-order chi connectivity index (χ0) is 15.8. The Morgan fingerprint density at radius 1 is 1.30 bits per heavy atom. The molecule has 5 heteroatoms. The average molecular weight is 434 g/mol. The number of halogens is 1. The molecule has 1 fully saturated rings. The zero-order valence-electron chi connectivity index (χ0n) is 15.1. The van der Waals surface area contributed by atoms with Gasteiger partial charge in [0, 0.05) is 19.1 Å². The zero-order valence-corrected chi connectivity index (χ0v) is 17.4. The molecule has 134 valence electrons. The van der Waals surface area contributed by atoms with Gasteiger partial charge in [-0.2, -0.15) is 0 Å². The quantitative estimate of drug-likeness (QED) is 0.266. The van der Waals surface area contributed by atoms with E-state index in [4.69, 9.17) is 4.99 Å². The summed E-state index contributed by atoms with van der Waals surface area (Å²) in [5, 5.41) is 6.88. The number of likely N-dealkylation sites (N-methyl/N-ethyl adjacent to an activating group) is 1. The maximum absolute atomic E-state index is 4.81. The molecule has 1 saturated carbocycles. The van der Waals surface area contributed by atoms with Crippen molar-refractivity contribution >= 4 is 29.9 Å². The summed E-state index contributed by atoms with van der Waals surface area (Å²) < 4.78 is 0. The standard InChI is InChI=1S/C18H34N4.HI/c1-4-19-18(20-13-12-15-8-6-5-7-9-15)21-14-17(22(2)3)16-10-11-16;/h8,16-17H,4-7,9-14H2,1-3H3,(H2,19,20,21);1H. The lowest BCUT2D eigenvalue weighted by molar-refractivity contribution is 0.271. The van der Waals surface area contributed by atoms with E-state index in [0.717, 1.165) is 37.9 Å². The van der Waals surface area contributed by atoms with Gasteiger partial charge in [0.1, 0.15) is 0 Å². The highest BCUT2D eigenvalue weighted by Crippen LogP contribution is 2.34. The van der Waals surface area contributed by atoms with Gasteiger partial charge < -0.3 is 15.5 Å². The molecular formula is C18H35IN4. The highest BCUT2D eigenvalue weighted by Gasteiger charge is 2.32. The molecule has 0 aliphatic heterocycles. The average Bonchev–Trinajstić information content (AvgIpc) is 3.33. The number of nitrogens with one attached hydrogen (secondary N) is 2. The molecule has 0 spiro atoms. The lowest BCUT2D eigenvalue weighted by atomic mass is 9.97. The predicted octanol–water partition coefficient (Wildman–Crippen LogP) is 3.39. The fourth-order valence-corrected chi connectivity index (χ4v) is 3.21. The number of allylic oxidation sites excluding steroid dienone is 1. The second-order valence-electron chi connectivity index (χ2n) is 6.87. The number of rotatable bonds is 8. The summed E-state index contributed by atoms with van der Waals surface area (Å²) in [7, 11) is 4.35. The molecule has 0 bridgehead atoms. The van der Waals surface area contributed by atoms with Crippen LogP contribution in [-0.4, -0.2) is 50.6 Å². The molecule has 2 aliphatic carbocycles. The SMILES string of the molecule is CCNC(=NCC(C1CC1)N(C)C)NCCC1=CCCCC1.I. The number of nitrogens with zero attached hydrogens (tertiary/aromatic N) is 2. The van der Waals surface area contributed by atoms with Crippen LogP contribution in [0.2, 0.25) is 0 Å². The van der Waals surface area contributed by atoms with Crippen LogP contribution >= 0.6 is 24.0 Å². The monoisotopic (exact) mass is 434 g/mol. The van der Waals surface area contributed by atoms with Crippen LogP contribution in [0.15, 0.2) is 16.6 Å². The van der Waals surface area contributed by atoms with Crippen molar-refractivity contribution in [2.24, 2.45) is 10.9 Å². The number of hydrogen-bond acceptors (Lipinski definition) is 2. The van der Waals surface area contributed by atoms with Crippen molar-refractivity contribution < 1.29 is 0 Å². The highest BCUT2D eigenvalue weighted by molar-refractivity contribution is 14.0. The van der Waals surface area contributed by atoms with Crippen LogP contribution in [-0.2, 0) is 0 Å². The molecule has 2 N–H and O–H groups in total. The van der Waals surface area contributed by atoms with Crippen LogP contribution in [0.3, 0.4) is 0 Å². The van der Waals surface area contributed by atoms with Gasteiger partial charge in [0.05, 0.1) is 6.54 Å². The molecule has 23 heavy (non-hydrogen) atoms. The molecular weight excluding hydrogens is 399 g/mol. The van der Waals surface area contributed by atoms with Crippen molar-refractivity contribution in [1.82, 2.24) is 15.5 Å². The molecule has 1 atom stereocenters. The Hall–Kier alpha value is -0.300. The predicted molar refractivity (Wildman–Crippen MR) is 111 cm³/mol. The summed E-state index contributed by atoms with van der Waals surface area (Å²) in [6.45, 7) is 4.94. The van der Waals surface area contributed by atoms with E-state index in [-0.39, 0.29) is 24.0 Å². The molecule has 0 aromatic carbocycles. The van der Waals surface area contributed by atoms with Crippen molar-refractivity contribution in [2.75, 3.05) is 33.7 Å². The Bertz CT molecular complexity index is 386. The van der Waals surface area contributed by atoms with Crippen molar-refractivity contribution in [1.29, 1.82) is 0 Å². The van der Waals surface area contributed by atoms with E-state index >= 15 is 0 Å². The lowest BCUT2D eigenvalue weighted by Gasteiger charge is -2.23. The molecule has 0 aromatic heterocycles. The fourth-order valence-electron chi connectivity index (χ4n) is 3.21. The van der Waals surface area contributed by atoms with Crippen molar-refractivity contribution in [3.63, 3.8) is 0 Å². The fraction of sp³-hybridized carbons (Fsp3) is 0.833. The smallest absolute Gasteiger partial charge is 0.191 e. The molecule has 0 amide bonds. The van der Waals surface area contributed by atoms with Gasteiger partial charge in [-0.25, -0.2) is 0 Å². The van der Waals surface area contributed by atoms with Gasteiger partial charge in [0.2, 0.25) is 0 Å². The molecule has 0 aromatic rings. The van der Waals surface area contributed by atoms with E-state index in [1.165, 1.54) is 38.5 Å². The second-order valence-corrected chi connectivity index (χ2v) is 6.87. The van der Waals surface area contributed by atoms with E-state index < -0.39 is 0 Å². The Morgan fingerprint density at radius 2 is 2.09 bits per heavy atom. The van der Waals surface area contributed by atoms with Crippen LogP contribution < -0.4 is 10.6 Å². The molecule has 0 saturated heterocycles. The minimum absolute atomic E-state index is 0. The maximum Gasteiger partial charge on any atom is 0.191 e. The van der Waals surface area contributed by atoms with Crippen LogP contribution in [0.4, 0.5) is 0 Å². The first-order valence-corrected chi connectivity index (χ1v) is 9.07. The topological polar surface area (TPSA) is 39.7 Å². The number of aliphatic imine (C=N–C) groups is 1. The maximum atomic E-state index is 4.81. The van der Waals surface area contributed by atoms with Gasteiger partial charge in [-0.3, -0.25) is 4.99 Å². The van der Waals surface area contributed by atoms with Crippen LogP contribution in [0, 0.1) is 5.92 Å². The lowest BCUT2D eigenvalue weighted by Crippen LogP contribution is -2.40. The van der Waals surface area contributed by atoms with Gasteiger partial charge >= 0.3 is 0 Å². The summed E-state index contributed by atoms with van der Waals surface area (Å²) in [5.74, 6) is 1.83. The van der Waals surface area contributed by atoms with Crippen LogP contribution in [0.5, 0.6) is 0 Å². The summed E-state index contributed by atoms with van der Waals surface area (Å²) in [6.07, 6.45) is 11.6. The van der Waals surface area contributed by atoms with E-state index in [1.807, 2.05) is 0 Å². The van der Waals surface area contributed by atoms with Gasteiger partial charge in [0.25, 0.3) is 0 Å². The largest absolute Gasteiger partial charge is 0.357 e. The molecule has 4 nitrogen and oxygen atoms in total. The third-order valence-electron chi connectivity index (χ3n) is 4.73. The van der Waals surface area contributed by atoms with Crippen LogP contribution in [0.1, 0.15) is 51.9 Å². The van der Waals surface area contributed by atoms with E-state index in [2.05, 4.69) is 42.6 Å². The molecule has 1 unspecified atom stereocenters. The first-order valence-electron chi connectivity index (χ1n) is 9.07. The Kier molecular flexibility index (Phi) is 10.2. The molecule has 2 aliphatic rings. The first kappa shape index (κ1) is 20.7. The summed E-state index contributed by atoms with van der Waals surface area (Å²) in [4.78, 5) is 7.14. The van der Waals surface area contributed by atoms with Gasteiger partial charge in [-0.05, 0) is 71.9 Å². The van der Waals surface area contributed by atoms with Gasteiger partial charge in [-0.15, -0.1) is 24.0 Å². The van der Waals surface area contributed by atoms with Crippen molar-refractivity contribution in [3.8, 4) is 0 Å². The third kappa shape index (κ3) is 7.88. The Labute approximate surface area is 159 Å². The summed E-state index contributed by atoms with van der Waals surface area (Å²) in [5.41, 5.74) is 1.62.